The Bertz CT molecular complexity index is 853. The van der Waals surface area contributed by atoms with Crippen molar-refractivity contribution in [3.8, 4) is 0 Å². The van der Waals surface area contributed by atoms with Crippen LogP contribution < -0.4 is 0 Å². The highest BCUT2D eigenvalue weighted by Gasteiger charge is 2.20. The molecule has 0 spiro atoms. The lowest BCUT2D eigenvalue weighted by molar-refractivity contribution is 0.151. The summed E-state index contributed by atoms with van der Waals surface area (Å²) in [4.78, 5) is 8.74. The summed E-state index contributed by atoms with van der Waals surface area (Å²) < 4.78 is 27.5. The van der Waals surface area contributed by atoms with Crippen molar-refractivity contribution >= 4 is 27.3 Å². The molecule has 0 saturated heterocycles. The zero-order chi connectivity index (χ0) is 17.8. The molecule has 0 aliphatic carbocycles. The Labute approximate surface area is 153 Å². The normalized spacial score (nSPS) is 10.8. The van der Waals surface area contributed by atoms with Gasteiger partial charge in [-0.1, -0.05) is 60.7 Å². The van der Waals surface area contributed by atoms with Gasteiger partial charge in [0.15, 0.2) is 0 Å². The van der Waals surface area contributed by atoms with Crippen LogP contribution in [0, 0.1) is 6.92 Å². The quantitative estimate of drug-likeness (QED) is 0.474. The van der Waals surface area contributed by atoms with Gasteiger partial charge in [-0.3, -0.25) is 4.98 Å². The van der Waals surface area contributed by atoms with E-state index in [1.165, 1.54) is 6.20 Å². The molecule has 0 saturated carbocycles. The van der Waals surface area contributed by atoms with Crippen LogP contribution in [0.1, 0.15) is 28.8 Å². The Morgan fingerprint density at radius 2 is 1.48 bits per heavy atom. The maximum absolute atomic E-state index is 13.6. The standard InChI is InChI=1S/C20H15BrF2N2/c1-13-18(21)17(20(22)23)16(12-24-13)25-19(14-8-4-2-5-9-14)15-10-6-3-7-11-15/h2-12,20H,1H3. The van der Waals surface area contributed by atoms with Crippen LogP contribution in [0.3, 0.4) is 0 Å². The van der Waals surface area contributed by atoms with Gasteiger partial charge in [-0.05, 0) is 22.9 Å². The molecule has 0 aliphatic rings. The molecule has 0 aliphatic heterocycles. The Hall–Kier alpha value is -2.40. The maximum atomic E-state index is 13.6. The average Bonchev–Trinajstić information content (AvgIpc) is 2.63. The van der Waals surface area contributed by atoms with Crippen molar-refractivity contribution in [1.82, 2.24) is 4.98 Å². The monoisotopic (exact) mass is 400 g/mol. The number of alkyl halides is 2. The molecule has 5 heteroatoms. The Balaban J connectivity index is 2.23. The second kappa shape index (κ2) is 7.66. The molecule has 0 unspecified atom stereocenters. The summed E-state index contributed by atoms with van der Waals surface area (Å²) in [7, 11) is 0. The first-order chi connectivity index (χ1) is 12.1. The third-order valence-corrected chi connectivity index (χ3v) is 4.76. The largest absolute Gasteiger partial charge is 0.267 e. The van der Waals surface area contributed by atoms with E-state index >= 15 is 0 Å². The van der Waals surface area contributed by atoms with Crippen molar-refractivity contribution in [2.24, 2.45) is 4.99 Å². The minimum Gasteiger partial charge on any atom is -0.258 e. The molecule has 2 aromatic carbocycles. The highest BCUT2D eigenvalue weighted by atomic mass is 79.9. The molecule has 3 rings (SSSR count). The maximum Gasteiger partial charge on any atom is 0.267 e. The molecule has 0 bridgehead atoms. The third-order valence-electron chi connectivity index (χ3n) is 3.76. The first kappa shape index (κ1) is 17.4. The van der Waals surface area contributed by atoms with Gasteiger partial charge in [0.2, 0.25) is 0 Å². The number of hydrogen-bond acceptors (Lipinski definition) is 2. The molecule has 25 heavy (non-hydrogen) atoms. The van der Waals surface area contributed by atoms with Gasteiger partial charge >= 0.3 is 0 Å². The van der Waals surface area contributed by atoms with Crippen LogP contribution >= 0.6 is 15.9 Å². The van der Waals surface area contributed by atoms with Crippen LogP contribution in [0.4, 0.5) is 14.5 Å². The zero-order valence-electron chi connectivity index (χ0n) is 13.5. The Kier molecular flexibility index (Phi) is 5.34. The summed E-state index contributed by atoms with van der Waals surface area (Å²) in [5.74, 6) is 0. The summed E-state index contributed by atoms with van der Waals surface area (Å²) in [6, 6.07) is 19.0. The highest BCUT2D eigenvalue weighted by molar-refractivity contribution is 9.10. The summed E-state index contributed by atoms with van der Waals surface area (Å²) in [6.07, 6.45) is -1.25. The van der Waals surface area contributed by atoms with Crippen LogP contribution in [0.15, 0.2) is 76.3 Å². The van der Waals surface area contributed by atoms with Gasteiger partial charge in [-0.15, -0.1) is 0 Å². The van der Waals surface area contributed by atoms with Crippen molar-refractivity contribution < 1.29 is 8.78 Å². The van der Waals surface area contributed by atoms with E-state index in [9.17, 15) is 8.78 Å². The number of pyridine rings is 1. The number of aromatic nitrogens is 1. The molecular formula is C20H15BrF2N2. The molecule has 126 valence electrons. The molecular weight excluding hydrogens is 386 g/mol. The molecule has 1 aromatic heterocycles. The van der Waals surface area contributed by atoms with Gasteiger partial charge in [0, 0.05) is 15.6 Å². The lowest BCUT2D eigenvalue weighted by Crippen LogP contribution is -2.04. The first-order valence-electron chi connectivity index (χ1n) is 7.70. The molecule has 0 N–H and O–H groups in total. The predicted octanol–water partition coefficient (Wildman–Crippen LogP) is 6.26. The van der Waals surface area contributed by atoms with E-state index in [2.05, 4.69) is 25.9 Å². The lowest BCUT2D eigenvalue weighted by atomic mass is 10.0. The van der Waals surface area contributed by atoms with E-state index in [0.717, 1.165) is 11.1 Å². The predicted molar refractivity (Wildman–Crippen MR) is 99.8 cm³/mol. The van der Waals surface area contributed by atoms with Gasteiger partial charge in [0.05, 0.1) is 28.9 Å². The van der Waals surface area contributed by atoms with E-state index < -0.39 is 6.43 Å². The molecule has 0 fully saturated rings. The van der Waals surface area contributed by atoms with E-state index in [1.807, 2.05) is 60.7 Å². The SMILES string of the molecule is Cc1ncc(N=C(c2ccccc2)c2ccccc2)c(C(F)F)c1Br. The molecule has 0 atom stereocenters. The van der Waals surface area contributed by atoms with Gasteiger partial charge < -0.3 is 0 Å². The number of rotatable bonds is 4. The van der Waals surface area contributed by atoms with Crippen LogP contribution in [-0.2, 0) is 0 Å². The summed E-state index contributed by atoms with van der Waals surface area (Å²) in [6.45, 7) is 1.68. The molecule has 1 heterocycles. The van der Waals surface area contributed by atoms with Crippen molar-refractivity contribution in [2.75, 3.05) is 0 Å². The molecule has 0 radical (unpaired) electrons. The number of aryl methyl sites for hydroxylation is 1. The molecule has 0 amide bonds. The van der Waals surface area contributed by atoms with E-state index in [-0.39, 0.29) is 11.3 Å². The molecule has 3 aromatic rings. The fourth-order valence-corrected chi connectivity index (χ4v) is 2.97. The Morgan fingerprint density at radius 3 is 1.96 bits per heavy atom. The number of nitrogens with zero attached hydrogens (tertiary/aromatic N) is 2. The van der Waals surface area contributed by atoms with E-state index in [4.69, 9.17) is 0 Å². The Morgan fingerprint density at radius 1 is 0.960 bits per heavy atom. The van der Waals surface area contributed by atoms with E-state index in [0.29, 0.717) is 15.9 Å². The first-order valence-corrected chi connectivity index (χ1v) is 8.50. The van der Waals surface area contributed by atoms with Crippen LogP contribution in [0.2, 0.25) is 0 Å². The summed E-state index contributed by atoms with van der Waals surface area (Å²) >= 11 is 3.22. The van der Waals surface area contributed by atoms with Gasteiger partial charge in [0.1, 0.15) is 0 Å². The minimum absolute atomic E-state index is 0.142. The summed E-state index contributed by atoms with van der Waals surface area (Å²) in [5, 5.41) is 0. The topological polar surface area (TPSA) is 25.2 Å². The second-order valence-corrected chi connectivity index (χ2v) is 6.24. The fourth-order valence-electron chi connectivity index (χ4n) is 2.50. The van der Waals surface area contributed by atoms with Crippen molar-refractivity contribution in [3.63, 3.8) is 0 Å². The molecule has 2 nitrogen and oxygen atoms in total. The number of aliphatic imine (C=N–C) groups is 1. The number of hydrogen-bond donors (Lipinski definition) is 0. The van der Waals surface area contributed by atoms with Crippen molar-refractivity contribution in [2.45, 2.75) is 13.3 Å². The van der Waals surface area contributed by atoms with Crippen LogP contribution in [0.25, 0.3) is 0 Å². The smallest absolute Gasteiger partial charge is 0.258 e. The van der Waals surface area contributed by atoms with Crippen molar-refractivity contribution in [3.05, 3.63) is 93.7 Å². The minimum atomic E-state index is -2.65. The van der Waals surface area contributed by atoms with Crippen LogP contribution in [0.5, 0.6) is 0 Å². The van der Waals surface area contributed by atoms with Gasteiger partial charge in [-0.2, -0.15) is 0 Å². The fraction of sp³-hybridized carbons (Fsp3) is 0.100. The second-order valence-electron chi connectivity index (χ2n) is 5.45. The van der Waals surface area contributed by atoms with Crippen molar-refractivity contribution in [1.29, 1.82) is 0 Å². The third kappa shape index (κ3) is 3.82. The van der Waals surface area contributed by atoms with Gasteiger partial charge in [0.25, 0.3) is 6.43 Å². The highest BCUT2D eigenvalue weighted by Crippen LogP contribution is 2.37. The zero-order valence-corrected chi connectivity index (χ0v) is 15.0. The lowest BCUT2D eigenvalue weighted by Gasteiger charge is -2.12. The van der Waals surface area contributed by atoms with Gasteiger partial charge in [-0.25, -0.2) is 13.8 Å². The average molecular weight is 401 g/mol. The number of benzene rings is 2. The number of halogens is 3. The summed E-state index contributed by atoms with van der Waals surface area (Å²) in [5.41, 5.74) is 2.86. The van der Waals surface area contributed by atoms with E-state index in [1.54, 1.807) is 6.92 Å². The van der Waals surface area contributed by atoms with Crippen LogP contribution in [-0.4, -0.2) is 10.7 Å².